The highest BCUT2D eigenvalue weighted by atomic mass is 16.5. The molecule has 0 radical (unpaired) electrons. The van der Waals surface area contributed by atoms with Gasteiger partial charge in [-0.25, -0.2) is 0 Å². The Bertz CT molecular complexity index is 636. The largest absolute Gasteiger partial charge is 0.497 e. The maximum atomic E-state index is 5.90. The lowest BCUT2D eigenvalue weighted by atomic mass is 10.1. The standard InChI is InChI=1S/C17H23N5O/c1-23-14-8-6-13(7-9-14)12-15-19-16(18)21-17(20-15)22-10-4-2-3-5-11-22/h6-9H,2-5,10-12H2,1H3,(H2,18,19,20,21). The average Bonchev–Trinajstić information content (AvgIpc) is 2.84. The molecule has 122 valence electrons. The topological polar surface area (TPSA) is 77.2 Å². The van der Waals surface area contributed by atoms with Crippen molar-refractivity contribution in [1.82, 2.24) is 15.0 Å². The molecule has 0 aliphatic carbocycles. The summed E-state index contributed by atoms with van der Waals surface area (Å²) >= 11 is 0. The summed E-state index contributed by atoms with van der Waals surface area (Å²) in [6.45, 7) is 1.98. The van der Waals surface area contributed by atoms with Gasteiger partial charge in [-0.1, -0.05) is 25.0 Å². The first-order chi connectivity index (χ1) is 11.2. The minimum atomic E-state index is 0.294. The number of rotatable bonds is 4. The van der Waals surface area contributed by atoms with Gasteiger partial charge >= 0.3 is 0 Å². The fourth-order valence-corrected chi connectivity index (χ4v) is 2.84. The van der Waals surface area contributed by atoms with Crippen molar-refractivity contribution in [2.24, 2.45) is 0 Å². The molecule has 0 unspecified atom stereocenters. The Balaban J connectivity index is 1.78. The SMILES string of the molecule is COc1ccc(Cc2nc(N)nc(N3CCCCCC3)n2)cc1. The second-order valence-electron chi connectivity index (χ2n) is 5.84. The Kier molecular flexibility index (Phi) is 4.90. The molecule has 23 heavy (non-hydrogen) atoms. The van der Waals surface area contributed by atoms with Crippen LogP contribution in [0.1, 0.15) is 37.1 Å². The van der Waals surface area contributed by atoms with Gasteiger partial charge in [0.25, 0.3) is 0 Å². The Morgan fingerprint density at radius 2 is 1.70 bits per heavy atom. The first-order valence-corrected chi connectivity index (χ1v) is 8.13. The van der Waals surface area contributed by atoms with Gasteiger partial charge in [-0.05, 0) is 30.5 Å². The summed E-state index contributed by atoms with van der Waals surface area (Å²) in [5.74, 6) is 2.56. The van der Waals surface area contributed by atoms with Crippen LogP contribution in [0.2, 0.25) is 0 Å². The number of hydrogen-bond donors (Lipinski definition) is 1. The number of aromatic nitrogens is 3. The Morgan fingerprint density at radius 1 is 1.00 bits per heavy atom. The first-order valence-electron chi connectivity index (χ1n) is 8.13. The number of nitrogens with zero attached hydrogens (tertiary/aromatic N) is 4. The molecule has 1 aromatic carbocycles. The highest BCUT2D eigenvalue weighted by Crippen LogP contribution is 2.18. The normalized spacial score (nSPS) is 15.3. The van der Waals surface area contributed by atoms with E-state index in [-0.39, 0.29) is 0 Å². The predicted octanol–water partition coefficient (Wildman–Crippen LogP) is 2.43. The minimum Gasteiger partial charge on any atom is -0.497 e. The van der Waals surface area contributed by atoms with Gasteiger partial charge in [-0.2, -0.15) is 15.0 Å². The molecule has 1 aliphatic heterocycles. The van der Waals surface area contributed by atoms with E-state index in [9.17, 15) is 0 Å². The van der Waals surface area contributed by atoms with Crippen LogP contribution in [0.5, 0.6) is 5.75 Å². The fraction of sp³-hybridized carbons (Fsp3) is 0.471. The van der Waals surface area contributed by atoms with Crippen molar-refractivity contribution in [3.63, 3.8) is 0 Å². The van der Waals surface area contributed by atoms with Crippen LogP contribution in [-0.2, 0) is 6.42 Å². The quantitative estimate of drug-likeness (QED) is 0.934. The van der Waals surface area contributed by atoms with E-state index in [0.717, 1.165) is 24.4 Å². The molecule has 1 fully saturated rings. The molecular formula is C17H23N5O. The second kappa shape index (κ2) is 7.26. The molecule has 0 atom stereocenters. The fourth-order valence-electron chi connectivity index (χ4n) is 2.84. The number of hydrogen-bond acceptors (Lipinski definition) is 6. The van der Waals surface area contributed by atoms with Crippen LogP contribution < -0.4 is 15.4 Å². The molecule has 0 bridgehead atoms. The van der Waals surface area contributed by atoms with E-state index < -0.39 is 0 Å². The summed E-state index contributed by atoms with van der Waals surface area (Å²) in [5, 5.41) is 0. The highest BCUT2D eigenvalue weighted by molar-refractivity contribution is 5.36. The zero-order chi connectivity index (χ0) is 16.1. The molecule has 1 saturated heterocycles. The molecule has 2 aromatic rings. The first kappa shape index (κ1) is 15.5. The van der Waals surface area contributed by atoms with Crippen LogP contribution in [0.15, 0.2) is 24.3 Å². The number of methoxy groups -OCH3 is 1. The van der Waals surface area contributed by atoms with Crippen LogP contribution in [0.25, 0.3) is 0 Å². The lowest BCUT2D eigenvalue weighted by Crippen LogP contribution is -2.27. The number of ether oxygens (including phenoxy) is 1. The minimum absolute atomic E-state index is 0.294. The van der Waals surface area contributed by atoms with Gasteiger partial charge in [0.2, 0.25) is 11.9 Å². The maximum absolute atomic E-state index is 5.90. The van der Waals surface area contributed by atoms with Crippen LogP contribution in [-0.4, -0.2) is 35.2 Å². The van der Waals surface area contributed by atoms with Gasteiger partial charge in [0.05, 0.1) is 7.11 Å². The van der Waals surface area contributed by atoms with E-state index >= 15 is 0 Å². The number of anilines is 2. The van der Waals surface area contributed by atoms with E-state index in [0.29, 0.717) is 24.1 Å². The van der Waals surface area contributed by atoms with Crippen molar-refractivity contribution in [2.45, 2.75) is 32.1 Å². The van der Waals surface area contributed by atoms with Gasteiger partial charge in [-0.15, -0.1) is 0 Å². The molecule has 6 heteroatoms. The Labute approximate surface area is 136 Å². The summed E-state index contributed by atoms with van der Waals surface area (Å²) in [6, 6.07) is 7.92. The second-order valence-corrected chi connectivity index (χ2v) is 5.84. The van der Waals surface area contributed by atoms with Crippen LogP contribution in [0, 0.1) is 0 Å². The third-order valence-electron chi connectivity index (χ3n) is 4.10. The van der Waals surface area contributed by atoms with E-state index in [1.54, 1.807) is 7.11 Å². The van der Waals surface area contributed by atoms with Crippen LogP contribution >= 0.6 is 0 Å². The summed E-state index contributed by atoms with van der Waals surface area (Å²) < 4.78 is 5.18. The van der Waals surface area contributed by atoms with Crippen molar-refractivity contribution >= 4 is 11.9 Å². The molecule has 6 nitrogen and oxygen atoms in total. The van der Waals surface area contributed by atoms with E-state index in [1.807, 2.05) is 24.3 Å². The molecule has 0 spiro atoms. The molecule has 0 amide bonds. The third kappa shape index (κ3) is 4.09. The smallest absolute Gasteiger partial charge is 0.230 e. The van der Waals surface area contributed by atoms with E-state index in [2.05, 4.69) is 19.9 Å². The number of nitrogens with two attached hydrogens (primary N) is 1. The molecule has 0 saturated carbocycles. The van der Waals surface area contributed by atoms with Crippen molar-refractivity contribution in [3.8, 4) is 5.75 Å². The van der Waals surface area contributed by atoms with Crippen LogP contribution in [0.3, 0.4) is 0 Å². The number of nitrogen functional groups attached to an aromatic ring is 1. The van der Waals surface area contributed by atoms with Crippen molar-refractivity contribution < 1.29 is 4.74 Å². The summed E-state index contributed by atoms with van der Waals surface area (Å²) in [7, 11) is 1.66. The zero-order valence-electron chi connectivity index (χ0n) is 13.5. The Morgan fingerprint density at radius 3 is 2.35 bits per heavy atom. The highest BCUT2D eigenvalue weighted by Gasteiger charge is 2.14. The molecule has 1 aliphatic rings. The lowest BCUT2D eigenvalue weighted by Gasteiger charge is -2.20. The summed E-state index contributed by atoms with van der Waals surface area (Å²) in [6.07, 6.45) is 5.54. The average molecular weight is 313 g/mol. The van der Waals surface area contributed by atoms with Crippen molar-refractivity contribution in [2.75, 3.05) is 30.8 Å². The third-order valence-corrected chi connectivity index (χ3v) is 4.10. The lowest BCUT2D eigenvalue weighted by molar-refractivity contribution is 0.414. The monoisotopic (exact) mass is 313 g/mol. The van der Waals surface area contributed by atoms with Gasteiger partial charge in [-0.3, -0.25) is 0 Å². The van der Waals surface area contributed by atoms with Gasteiger partial charge in [0.1, 0.15) is 11.6 Å². The van der Waals surface area contributed by atoms with E-state index in [4.69, 9.17) is 10.5 Å². The van der Waals surface area contributed by atoms with Gasteiger partial charge < -0.3 is 15.4 Å². The van der Waals surface area contributed by atoms with E-state index in [1.165, 1.54) is 25.7 Å². The van der Waals surface area contributed by atoms with Gasteiger partial charge in [0.15, 0.2) is 0 Å². The summed E-state index contributed by atoms with van der Waals surface area (Å²) in [4.78, 5) is 15.5. The van der Waals surface area contributed by atoms with Crippen molar-refractivity contribution in [1.29, 1.82) is 0 Å². The van der Waals surface area contributed by atoms with Crippen molar-refractivity contribution in [3.05, 3.63) is 35.7 Å². The molecular weight excluding hydrogens is 290 g/mol. The summed E-state index contributed by atoms with van der Waals surface area (Å²) in [5.41, 5.74) is 7.02. The zero-order valence-corrected chi connectivity index (χ0v) is 13.5. The molecule has 3 rings (SSSR count). The predicted molar refractivity (Wildman–Crippen MR) is 90.7 cm³/mol. The molecule has 1 aromatic heterocycles. The van der Waals surface area contributed by atoms with Gasteiger partial charge in [0, 0.05) is 19.5 Å². The molecule has 2 heterocycles. The van der Waals surface area contributed by atoms with Crippen LogP contribution in [0.4, 0.5) is 11.9 Å². The molecule has 2 N–H and O–H groups in total. The maximum Gasteiger partial charge on any atom is 0.230 e. The number of benzene rings is 1. The Hall–Kier alpha value is -2.37.